The maximum atomic E-state index is 11.2. The normalized spacial score (nSPS) is 12.4. The smallest absolute Gasteiger partial charge is 0.319 e. The number of thioether (sulfide) groups is 1. The van der Waals surface area contributed by atoms with Crippen LogP contribution in [-0.4, -0.2) is 33.0 Å². The van der Waals surface area contributed by atoms with Gasteiger partial charge in [-0.1, -0.05) is 11.8 Å². The maximum absolute atomic E-state index is 11.2. The molecule has 1 aromatic heterocycles. The van der Waals surface area contributed by atoms with Crippen molar-refractivity contribution in [2.24, 2.45) is 0 Å². The Morgan fingerprint density at radius 3 is 3.00 bits per heavy atom. The van der Waals surface area contributed by atoms with Gasteiger partial charge in [0, 0.05) is 0 Å². The molecule has 0 aliphatic heterocycles. The second kappa shape index (κ2) is 4.85. The number of anilines is 1. The quantitative estimate of drug-likeness (QED) is 0.560. The number of esters is 1. The summed E-state index contributed by atoms with van der Waals surface area (Å²) in [5.41, 5.74) is 5.33. The van der Waals surface area contributed by atoms with E-state index in [9.17, 15) is 4.79 Å². The van der Waals surface area contributed by atoms with E-state index in [1.54, 1.807) is 13.8 Å². The molecule has 0 bridgehead atoms. The number of aromatic amines is 1. The number of nitrogens with one attached hydrogen (secondary N) is 1. The number of nitrogens with zero attached hydrogens (tertiary/aromatic N) is 2. The van der Waals surface area contributed by atoms with Gasteiger partial charge in [0.2, 0.25) is 11.1 Å². The highest BCUT2D eigenvalue weighted by Crippen LogP contribution is 2.20. The molecular weight excluding hydrogens is 204 g/mol. The number of carbonyl (C=O) groups is 1. The van der Waals surface area contributed by atoms with Crippen LogP contribution in [0.5, 0.6) is 0 Å². The number of hydrogen-bond donors (Lipinski definition) is 2. The Bertz CT molecular complexity index is 314. The van der Waals surface area contributed by atoms with E-state index in [0.29, 0.717) is 11.8 Å². The summed E-state index contributed by atoms with van der Waals surface area (Å²) in [6.07, 6.45) is 0. The largest absolute Gasteiger partial charge is 0.465 e. The van der Waals surface area contributed by atoms with Crippen molar-refractivity contribution in [2.45, 2.75) is 24.3 Å². The highest BCUT2D eigenvalue weighted by molar-refractivity contribution is 8.00. The van der Waals surface area contributed by atoms with Gasteiger partial charge in [0.1, 0.15) is 5.25 Å². The molecule has 3 N–H and O–H groups in total. The molecule has 0 saturated heterocycles. The molecule has 0 aliphatic rings. The first-order chi connectivity index (χ1) is 6.63. The molecule has 1 aromatic rings. The average Bonchev–Trinajstić information content (AvgIpc) is 2.51. The third-order valence-electron chi connectivity index (χ3n) is 1.38. The highest BCUT2D eigenvalue weighted by Gasteiger charge is 2.17. The number of H-pyrrole nitrogens is 1. The lowest BCUT2D eigenvalue weighted by Crippen LogP contribution is -2.16. The molecule has 0 aliphatic carbocycles. The molecule has 6 nitrogen and oxygen atoms in total. The molecule has 14 heavy (non-hydrogen) atoms. The van der Waals surface area contributed by atoms with Crippen LogP contribution in [0, 0.1) is 0 Å². The van der Waals surface area contributed by atoms with E-state index in [2.05, 4.69) is 15.2 Å². The molecule has 0 saturated carbocycles. The van der Waals surface area contributed by atoms with Crippen LogP contribution >= 0.6 is 11.8 Å². The fourth-order valence-corrected chi connectivity index (χ4v) is 1.51. The molecule has 0 radical (unpaired) electrons. The molecule has 1 atom stereocenters. The van der Waals surface area contributed by atoms with Crippen molar-refractivity contribution in [3.05, 3.63) is 0 Å². The Kier molecular flexibility index (Phi) is 3.75. The van der Waals surface area contributed by atoms with E-state index in [1.165, 1.54) is 11.8 Å². The van der Waals surface area contributed by atoms with Crippen LogP contribution in [0.1, 0.15) is 13.8 Å². The van der Waals surface area contributed by atoms with Crippen molar-refractivity contribution >= 4 is 23.7 Å². The van der Waals surface area contributed by atoms with Crippen LogP contribution in [0.25, 0.3) is 0 Å². The van der Waals surface area contributed by atoms with Gasteiger partial charge in [0.05, 0.1) is 6.61 Å². The number of nitrogens with two attached hydrogens (primary N) is 1. The van der Waals surface area contributed by atoms with Gasteiger partial charge in [-0.05, 0) is 13.8 Å². The first-order valence-corrected chi connectivity index (χ1v) is 5.02. The van der Waals surface area contributed by atoms with E-state index >= 15 is 0 Å². The summed E-state index contributed by atoms with van der Waals surface area (Å²) in [6, 6.07) is 0. The Labute approximate surface area is 85.6 Å². The van der Waals surface area contributed by atoms with Gasteiger partial charge in [-0.2, -0.15) is 4.98 Å². The molecular formula is C7H12N4O2S. The third-order valence-corrected chi connectivity index (χ3v) is 2.32. The van der Waals surface area contributed by atoms with E-state index < -0.39 is 0 Å². The minimum Gasteiger partial charge on any atom is -0.465 e. The second-order valence-electron chi connectivity index (χ2n) is 2.52. The number of hydrogen-bond acceptors (Lipinski definition) is 6. The molecule has 0 fully saturated rings. The Balaban J connectivity index is 2.48. The molecule has 78 valence electrons. The van der Waals surface area contributed by atoms with Crippen molar-refractivity contribution in [2.75, 3.05) is 12.3 Å². The molecule has 0 amide bonds. The van der Waals surface area contributed by atoms with Gasteiger partial charge in [-0.25, -0.2) is 5.10 Å². The summed E-state index contributed by atoms with van der Waals surface area (Å²) >= 11 is 1.20. The topological polar surface area (TPSA) is 93.9 Å². The van der Waals surface area contributed by atoms with Crippen molar-refractivity contribution in [1.29, 1.82) is 0 Å². The first kappa shape index (κ1) is 10.8. The predicted molar refractivity (Wildman–Crippen MR) is 52.7 cm³/mol. The van der Waals surface area contributed by atoms with E-state index in [4.69, 9.17) is 10.5 Å². The van der Waals surface area contributed by atoms with Crippen LogP contribution in [0.15, 0.2) is 5.16 Å². The van der Waals surface area contributed by atoms with Gasteiger partial charge in [0.15, 0.2) is 0 Å². The SMILES string of the molecule is CCOC(=O)[C@H](C)Sc1n[nH]c(N)n1. The molecule has 1 rings (SSSR count). The standard InChI is InChI=1S/C7H12N4O2S/c1-3-13-5(12)4(2)14-7-9-6(8)10-11-7/h4H,3H2,1-2H3,(H3,8,9,10,11)/t4-/m0/s1. The number of carbonyl (C=O) groups excluding carboxylic acids is 1. The van der Waals surface area contributed by atoms with Crippen molar-refractivity contribution in [1.82, 2.24) is 15.2 Å². The number of aromatic nitrogens is 3. The van der Waals surface area contributed by atoms with Gasteiger partial charge >= 0.3 is 5.97 Å². The molecule has 7 heteroatoms. The number of rotatable bonds is 4. The molecule has 0 unspecified atom stereocenters. The second-order valence-corrected chi connectivity index (χ2v) is 3.82. The van der Waals surface area contributed by atoms with Gasteiger partial charge in [-0.15, -0.1) is 5.10 Å². The summed E-state index contributed by atoms with van der Waals surface area (Å²) < 4.78 is 4.83. The fourth-order valence-electron chi connectivity index (χ4n) is 0.777. The first-order valence-electron chi connectivity index (χ1n) is 4.14. The van der Waals surface area contributed by atoms with Crippen LogP contribution in [0.3, 0.4) is 0 Å². The Hall–Kier alpha value is -1.24. The number of ether oxygens (including phenoxy) is 1. The molecule has 1 heterocycles. The molecule has 0 spiro atoms. The van der Waals surface area contributed by atoms with Crippen LogP contribution < -0.4 is 5.73 Å². The third kappa shape index (κ3) is 2.91. The average molecular weight is 216 g/mol. The summed E-state index contributed by atoms with van der Waals surface area (Å²) in [5, 5.41) is 6.40. The van der Waals surface area contributed by atoms with Crippen LogP contribution in [0.2, 0.25) is 0 Å². The Morgan fingerprint density at radius 2 is 2.50 bits per heavy atom. The fraction of sp³-hybridized carbons (Fsp3) is 0.571. The lowest BCUT2D eigenvalue weighted by Gasteiger charge is -2.06. The van der Waals surface area contributed by atoms with Crippen LogP contribution in [0.4, 0.5) is 5.95 Å². The Morgan fingerprint density at radius 1 is 1.79 bits per heavy atom. The van der Waals surface area contributed by atoms with E-state index in [1.807, 2.05) is 0 Å². The van der Waals surface area contributed by atoms with E-state index in [0.717, 1.165) is 0 Å². The number of nitrogen functional groups attached to an aromatic ring is 1. The zero-order valence-corrected chi connectivity index (χ0v) is 8.80. The predicted octanol–water partition coefficient (Wildman–Crippen LogP) is 0.431. The van der Waals surface area contributed by atoms with E-state index in [-0.39, 0.29) is 17.2 Å². The summed E-state index contributed by atoms with van der Waals surface area (Å²) in [7, 11) is 0. The minimum absolute atomic E-state index is 0.239. The highest BCUT2D eigenvalue weighted by atomic mass is 32.2. The summed E-state index contributed by atoms with van der Waals surface area (Å²) in [6.45, 7) is 3.87. The zero-order valence-electron chi connectivity index (χ0n) is 7.98. The molecule has 0 aromatic carbocycles. The summed E-state index contributed by atoms with van der Waals surface area (Å²) in [4.78, 5) is 15.1. The van der Waals surface area contributed by atoms with Crippen molar-refractivity contribution in [3.8, 4) is 0 Å². The monoisotopic (exact) mass is 216 g/mol. The lowest BCUT2D eigenvalue weighted by molar-refractivity contribution is -0.142. The van der Waals surface area contributed by atoms with Crippen LogP contribution in [-0.2, 0) is 9.53 Å². The van der Waals surface area contributed by atoms with Gasteiger partial charge in [0.25, 0.3) is 0 Å². The lowest BCUT2D eigenvalue weighted by atomic mass is 10.5. The van der Waals surface area contributed by atoms with Crippen molar-refractivity contribution < 1.29 is 9.53 Å². The zero-order chi connectivity index (χ0) is 10.6. The van der Waals surface area contributed by atoms with Crippen molar-refractivity contribution in [3.63, 3.8) is 0 Å². The minimum atomic E-state index is -0.329. The van der Waals surface area contributed by atoms with Gasteiger partial charge < -0.3 is 10.5 Å². The maximum Gasteiger partial charge on any atom is 0.319 e. The van der Waals surface area contributed by atoms with Gasteiger partial charge in [-0.3, -0.25) is 4.79 Å². The summed E-state index contributed by atoms with van der Waals surface area (Å²) in [5.74, 6) is -0.0376.